The van der Waals surface area contributed by atoms with Gasteiger partial charge in [0.2, 0.25) is 0 Å². The molecule has 0 bridgehead atoms. The summed E-state index contributed by atoms with van der Waals surface area (Å²) in [5.74, 6) is -1.86. The second-order valence-electron chi connectivity index (χ2n) is 5.00. The average Bonchev–Trinajstić information content (AvgIpc) is 2.54. The van der Waals surface area contributed by atoms with Crippen molar-refractivity contribution in [3.05, 3.63) is 58.6 Å². The molecule has 0 saturated carbocycles. The van der Waals surface area contributed by atoms with Gasteiger partial charge in [-0.1, -0.05) is 11.6 Å². The molecule has 2 aromatic carbocycles. The van der Waals surface area contributed by atoms with Gasteiger partial charge in [-0.15, -0.1) is 0 Å². The molecule has 0 aliphatic heterocycles. The SMILES string of the molecule is O=C(NCCOc1ccc(F)cc1F)Nc1cc(C(F)(F)F)ccc1Cl. The second-order valence-corrected chi connectivity index (χ2v) is 5.40. The minimum Gasteiger partial charge on any atom is -0.489 e. The number of rotatable bonds is 5. The number of carbonyl (C=O) groups excluding carboxylic acids is 1. The zero-order valence-electron chi connectivity index (χ0n) is 13.0. The minimum absolute atomic E-state index is 0.0715. The van der Waals surface area contributed by atoms with Crippen molar-refractivity contribution in [3.63, 3.8) is 0 Å². The van der Waals surface area contributed by atoms with E-state index in [-0.39, 0.29) is 29.6 Å². The third kappa shape index (κ3) is 5.48. The summed E-state index contributed by atoms with van der Waals surface area (Å²) in [5.41, 5.74) is -1.18. The van der Waals surface area contributed by atoms with Crippen LogP contribution in [-0.4, -0.2) is 19.2 Å². The van der Waals surface area contributed by atoms with E-state index < -0.39 is 29.4 Å². The quantitative estimate of drug-likeness (QED) is 0.563. The van der Waals surface area contributed by atoms with Crippen molar-refractivity contribution in [2.45, 2.75) is 6.18 Å². The van der Waals surface area contributed by atoms with E-state index in [2.05, 4.69) is 10.6 Å². The van der Waals surface area contributed by atoms with Crippen molar-refractivity contribution >= 4 is 23.3 Å². The van der Waals surface area contributed by atoms with Crippen molar-refractivity contribution in [2.75, 3.05) is 18.5 Å². The van der Waals surface area contributed by atoms with Gasteiger partial charge >= 0.3 is 12.2 Å². The number of amides is 2. The van der Waals surface area contributed by atoms with Crippen molar-refractivity contribution in [1.82, 2.24) is 5.32 Å². The maximum Gasteiger partial charge on any atom is 0.416 e. The molecule has 2 amide bonds. The number of anilines is 1. The summed E-state index contributed by atoms with van der Waals surface area (Å²) in [6.07, 6.45) is -4.58. The van der Waals surface area contributed by atoms with Crippen LogP contribution in [-0.2, 0) is 6.18 Å². The Balaban J connectivity index is 1.85. The molecule has 2 rings (SSSR count). The first kappa shape index (κ1) is 19.8. The molecule has 0 aliphatic carbocycles. The predicted octanol–water partition coefficient (Wildman–Crippen LogP) is 4.84. The number of urea groups is 1. The molecule has 0 atom stereocenters. The van der Waals surface area contributed by atoms with Crippen LogP contribution in [0.25, 0.3) is 0 Å². The van der Waals surface area contributed by atoms with E-state index in [1.54, 1.807) is 0 Å². The van der Waals surface area contributed by atoms with Crippen LogP contribution in [0.5, 0.6) is 5.75 Å². The molecule has 0 fully saturated rings. The Morgan fingerprint density at radius 2 is 1.85 bits per heavy atom. The summed E-state index contributed by atoms with van der Waals surface area (Å²) < 4.78 is 69.1. The van der Waals surface area contributed by atoms with E-state index in [0.717, 1.165) is 24.3 Å². The molecule has 0 unspecified atom stereocenters. The van der Waals surface area contributed by atoms with Gasteiger partial charge in [-0.05, 0) is 30.3 Å². The molecule has 0 spiro atoms. The van der Waals surface area contributed by atoms with Crippen LogP contribution in [0.4, 0.5) is 32.4 Å². The Bertz CT molecular complexity index is 799. The highest BCUT2D eigenvalue weighted by molar-refractivity contribution is 6.33. The topological polar surface area (TPSA) is 50.4 Å². The molecule has 0 aliphatic rings. The van der Waals surface area contributed by atoms with Crippen LogP contribution < -0.4 is 15.4 Å². The standard InChI is InChI=1S/C16H12ClF5N2O2/c17-11-3-1-9(16(20,21)22)7-13(11)24-15(25)23-5-6-26-14-4-2-10(18)8-12(14)19/h1-4,7-8H,5-6H2,(H2,23,24,25). The van der Waals surface area contributed by atoms with Crippen molar-refractivity contribution in [1.29, 1.82) is 0 Å². The van der Waals surface area contributed by atoms with Crippen LogP contribution in [0.15, 0.2) is 36.4 Å². The Labute approximate surface area is 149 Å². The van der Waals surface area contributed by atoms with Gasteiger partial charge in [0.05, 0.1) is 22.8 Å². The maximum absolute atomic E-state index is 13.3. The largest absolute Gasteiger partial charge is 0.489 e. The van der Waals surface area contributed by atoms with E-state index in [0.29, 0.717) is 12.1 Å². The van der Waals surface area contributed by atoms with Gasteiger partial charge in [-0.2, -0.15) is 13.2 Å². The molecule has 0 aromatic heterocycles. The molecule has 140 valence electrons. The second kappa shape index (κ2) is 8.22. The minimum atomic E-state index is -4.58. The number of nitrogens with one attached hydrogen (secondary N) is 2. The van der Waals surface area contributed by atoms with Crippen LogP contribution in [0.3, 0.4) is 0 Å². The van der Waals surface area contributed by atoms with E-state index in [4.69, 9.17) is 16.3 Å². The highest BCUT2D eigenvalue weighted by Crippen LogP contribution is 2.33. The summed E-state index contributed by atoms with van der Waals surface area (Å²) in [5, 5.41) is 4.41. The molecule has 0 saturated heterocycles. The van der Waals surface area contributed by atoms with Gasteiger partial charge in [0.25, 0.3) is 0 Å². The Morgan fingerprint density at radius 1 is 1.12 bits per heavy atom. The van der Waals surface area contributed by atoms with Gasteiger partial charge in [0, 0.05) is 6.07 Å². The van der Waals surface area contributed by atoms with Gasteiger partial charge in [-0.25, -0.2) is 13.6 Å². The average molecular weight is 395 g/mol. The number of ether oxygens (including phenoxy) is 1. The molecule has 0 radical (unpaired) electrons. The first-order chi connectivity index (χ1) is 12.2. The Kier molecular flexibility index (Phi) is 6.25. The zero-order chi connectivity index (χ0) is 19.3. The van der Waals surface area contributed by atoms with Crippen LogP contribution in [0, 0.1) is 11.6 Å². The van der Waals surface area contributed by atoms with Crippen LogP contribution >= 0.6 is 11.6 Å². The normalized spacial score (nSPS) is 11.2. The number of hydrogen-bond donors (Lipinski definition) is 2. The monoisotopic (exact) mass is 394 g/mol. The Hall–Kier alpha value is -2.55. The number of alkyl halides is 3. The van der Waals surface area contributed by atoms with Crippen molar-refractivity contribution < 1.29 is 31.5 Å². The predicted molar refractivity (Wildman–Crippen MR) is 85.3 cm³/mol. The lowest BCUT2D eigenvalue weighted by Gasteiger charge is -2.12. The molecule has 2 aromatic rings. The van der Waals surface area contributed by atoms with Crippen LogP contribution in [0.1, 0.15) is 5.56 Å². The molecular weight excluding hydrogens is 383 g/mol. The summed E-state index contributed by atoms with van der Waals surface area (Å²) in [4.78, 5) is 11.7. The number of carbonyl (C=O) groups is 1. The number of halogens is 6. The smallest absolute Gasteiger partial charge is 0.416 e. The number of hydrogen-bond acceptors (Lipinski definition) is 2. The highest BCUT2D eigenvalue weighted by Gasteiger charge is 2.31. The summed E-state index contributed by atoms with van der Waals surface area (Å²) in [6, 6.07) is 4.42. The van der Waals surface area contributed by atoms with E-state index in [9.17, 15) is 26.7 Å². The molecule has 26 heavy (non-hydrogen) atoms. The lowest BCUT2D eigenvalue weighted by Crippen LogP contribution is -2.32. The Morgan fingerprint density at radius 3 is 2.50 bits per heavy atom. The van der Waals surface area contributed by atoms with Gasteiger partial charge in [0.15, 0.2) is 11.6 Å². The van der Waals surface area contributed by atoms with E-state index in [1.165, 1.54) is 0 Å². The van der Waals surface area contributed by atoms with Gasteiger partial charge < -0.3 is 15.4 Å². The molecular formula is C16H12ClF5N2O2. The molecule has 10 heteroatoms. The molecule has 2 N–H and O–H groups in total. The third-order valence-corrected chi connectivity index (χ3v) is 3.41. The summed E-state index contributed by atoms with van der Waals surface area (Å²) in [6.45, 7) is -0.231. The van der Waals surface area contributed by atoms with Crippen molar-refractivity contribution in [2.24, 2.45) is 0 Å². The zero-order valence-corrected chi connectivity index (χ0v) is 13.7. The first-order valence-corrected chi connectivity index (χ1v) is 7.54. The summed E-state index contributed by atoms with van der Waals surface area (Å²) in [7, 11) is 0. The van der Waals surface area contributed by atoms with Crippen LogP contribution in [0.2, 0.25) is 5.02 Å². The number of benzene rings is 2. The van der Waals surface area contributed by atoms with Gasteiger partial charge in [0.1, 0.15) is 12.4 Å². The van der Waals surface area contributed by atoms with Gasteiger partial charge in [-0.3, -0.25) is 0 Å². The molecule has 0 heterocycles. The van der Waals surface area contributed by atoms with Crippen molar-refractivity contribution in [3.8, 4) is 5.75 Å². The maximum atomic E-state index is 13.3. The van der Waals surface area contributed by atoms with E-state index in [1.807, 2.05) is 0 Å². The first-order valence-electron chi connectivity index (χ1n) is 7.16. The lowest BCUT2D eigenvalue weighted by molar-refractivity contribution is -0.137. The fourth-order valence-corrected chi connectivity index (χ4v) is 2.05. The summed E-state index contributed by atoms with van der Waals surface area (Å²) >= 11 is 5.76. The van der Waals surface area contributed by atoms with E-state index >= 15 is 0 Å². The fourth-order valence-electron chi connectivity index (χ4n) is 1.88. The molecule has 4 nitrogen and oxygen atoms in total. The fraction of sp³-hybridized carbons (Fsp3) is 0.188. The third-order valence-electron chi connectivity index (χ3n) is 3.08. The lowest BCUT2D eigenvalue weighted by atomic mass is 10.2. The highest BCUT2D eigenvalue weighted by atomic mass is 35.5.